The van der Waals surface area contributed by atoms with Crippen LogP contribution in [0.4, 0.5) is 0 Å². The lowest BCUT2D eigenvalue weighted by molar-refractivity contribution is 0.0594. The Balaban J connectivity index is 1.68. The number of dihydropyridines is 1. The lowest BCUT2D eigenvalue weighted by atomic mass is 10.1. The van der Waals surface area contributed by atoms with Gasteiger partial charge in [-0.05, 0) is 36.8 Å². The zero-order valence-electron chi connectivity index (χ0n) is 15.5. The number of nitrogens with zero attached hydrogens (tertiary/aromatic N) is 3. The second-order valence-corrected chi connectivity index (χ2v) is 7.24. The van der Waals surface area contributed by atoms with Gasteiger partial charge in [-0.25, -0.2) is 14.8 Å². The van der Waals surface area contributed by atoms with Gasteiger partial charge in [0.1, 0.15) is 16.3 Å². The molecule has 0 aliphatic carbocycles. The number of esters is 1. The van der Waals surface area contributed by atoms with Gasteiger partial charge in [-0.2, -0.15) is 0 Å². The van der Waals surface area contributed by atoms with Crippen molar-refractivity contribution >= 4 is 34.4 Å². The number of aryl methyl sites for hydroxylation is 1. The number of imidazole rings is 1. The fraction of sp³-hybridized carbons (Fsp3) is 0.190. The molecule has 0 saturated heterocycles. The number of alkyl halides is 1. The van der Waals surface area contributed by atoms with E-state index in [0.717, 1.165) is 17.1 Å². The molecule has 3 aromatic rings. The predicted molar refractivity (Wildman–Crippen MR) is 109 cm³/mol. The molecule has 6 nitrogen and oxygen atoms in total. The number of fused-ring (bicyclic) bond motifs is 1. The highest BCUT2D eigenvalue weighted by molar-refractivity contribution is 6.25. The molecule has 0 saturated carbocycles. The van der Waals surface area contributed by atoms with E-state index in [0.29, 0.717) is 17.7 Å². The van der Waals surface area contributed by atoms with Crippen molar-refractivity contribution in [2.75, 3.05) is 7.11 Å². The fourth-order valence-electron chi connectivity index (χ4n) is 3.23. The van der Waals surface area contributed by atoms with Gasteiger partial charge in [-0.1, -0.05) is 48.0 Å². The van der Waals surface area contributed by atoms with E-state index in [4.69, 9.17) is 16.3 Å². The molecule has 142 valence electrons. The van der Waals surface area contributed by atoms with Gasteiger partial charge in [0.25, 0.3) is 0 Å². The zero-order chi connectivity index (χ0) is 19.7. The summed E-state index contributed by atoms with van der Waals surface area (Å²) in [5.74, 6) is 0.272. The second-order valence-electron chi connectivity index (χ2n) is 6.57. The summed E-state index contributed by atoms with van der Waals surface area (Å²) in [4.78, 5) is 20.0. The normalized spacial score (nSPS) is 18.6. The molecule has 1 aromatic carbocycles. The van der Waals surface area contributed by atoms with E-state index in [1.807, 2.05) is 60.1 Å². The third-order valence-corrected chi connectivity index (χ3v) is 4.96. The first-order valence-corrected chi connectivity index (χ1v) is 9.21. The third-order valence-electron chi connectivity index (χ3n) is 4.62. The van der Waals surface area contributed by atoms with E-state index >= 15 is 0 Å². The number of aromatic nitrogens is 3. The number of pyridine rings is 1. The van der Waals surface area contributed by atoms with Crippen molar-refractivity contribution in [3.8, 4) is 0 Å². The monoisotopic (exact) mass is 394 g/mol. The molecular formula is C21H19ClN4O2. The third kappa shape index (κ3) is 3.39. The van der Waals surface area contributed by atoms with E-state index in [1.54, 1.807) is 12.1 Å². The highest BCUT2D eigenvalue weighted by atomic mass is 35.5. The van der Waals surface area contributed by atoms with Crippen LogP contribution < -0.4 is 5.32 Å². The summed E-state index contributed by atoms with van der Waals surface area (Å²) in [5.41, 5.74) is 3.51. The molecule has 3 heterocycles. The van der Waals surface area contributed by atoms with Crippen molar-refractivity contribution in [2.45, 2.75) is 18.5 Å². The fourth-order valence-corrected chi connectivity index (χ4v) is 3.53. The number of hydrogen-bond acceptors (Lipinski definition) is 5. The Bertz CT molecular complexity index is 1100. The van der Waals surface area contributed by atoms with E-state index in [1.165, 1.54) is 7.11 Å². The van der Waals surface area contributed by atoms with Crippen molar-refractivity contribution in [1.29, 1.82) is 0 Å². The van der Waals surface area contributed by atoms with Crippen LogP contribution in [-0.2, 0) is 11.3 Å². The molecule has 1 atom stereocenters. The Morgan fingerprint density at radius 2 is 2.00 bits per heavy atom. The Morgan fingerprint density at radius 3 is 2.75 bits per heavy atom. The maximum Gasteiger partial charge on any atom is 0.356 e. The number of carbonyl (C=O) groups excluding carboxylic acids is 1. The number of nitrogens with one attached hydrogen (secondary N) is 1. The van der Waals surface area contributed by atoms with E-state index in [9.17, 15) is 4.79 Å². The summed E-state index contributed by atoms with van der Waals surface area (Å²) in [5, 5.41) is 3.40. The minimum Gasteiger partial charge on any atom is -0.464 e. The molecule has 7 heteroatoms. The Morgan fingerprint density at radius 1 is 1.21 bits per heavy atom. The van der Waals surface area contributed by atoms with Crippen LogP contribution in [0.5, 0.6) is 0 Å². The Labute approximate surface area is 167 Å². The summed E-state index contributed by atoms with van der Waals surface area (Å²) in [7, 11) is 1.33. The molecule has 1 aliphatic rings. The maximum atomic E-state index is 11.9. The first-order valence-electron chi connectivity index (χ1n) is 8.83. The van der Waals surface area contributed by atoms with Gasteiger partial charge >= 0.3 is 5.97 Å². The van der Waals surface area contributed by atoms with E-state index < -0.39 is 11.0 Å². The second kappa shape index (κ2) is 7.13. The van der Waals surface area contributed by atoms with Gasteiger partial charge in [0.2, 0.25) is 0 Å². The van der Waals surface area contributed by atoms with Gasteiger partial charge in [-0.3, -0.25) is 0 Å². The molecule has 0 radical (unpaired) electrons. The summed E-state index contributed by atoms with van der Waals surface area (Å²) >= 11 is 6.91. The van der Waals surface area contributed by atoms with Gasteiger partial charge < -0.3 is 14.6 Å². The Kier molecular flexibility index (Phi) is 4.65. The minimum atomic E-state index is -0.860. The van der Waals surface area contributed by atoms with E-state index in [-0.39, 0.29) is 5.69 Å². The number of allylic oxidation sites excluding steroid dienone is 2. The summed E-state index contributed by atoms with van der Waals surface area (Å²) in [6.45, 7) is 2.27. The Hall–Kier alpha value is -3.12. The smallest absolute Gasteiger partial charge is 0.356 e. The first-order chi connectivity index (χ1) is 13.5. The lowest BCUT2D eigenvalue weighted by Crippen LogP contribution is -2.42. The van der Waals surface area contributed by atoms with Crippen molar-refractivity contribution in [3.63, 3.8) is 0 Å². The average Bonchev–Trinajstić information content (AvgIpc) is 3.02. The molecule has 28 heavy (non-hydrogen) atoms. The molecule has 0 bridgehead atoms. The van der Waals surface area contributed by atoms with Crippen LogP contribution in [0.25, 0.3) is 16.9 Å². The van der Waals surface area contributed by atoms with Crippen LogP contribution in [0.15, 0.2) is 60.7 Å². The number of ether oxygens (including phenoxy) is 1. The SMILES string of the molecule is COC(=O)c1ccc2nc(C)n(CC3(Cl)C=CC=C(c4ccccc4)N3)c2n1. The minimum absolute atomic E-state index is 0.233. The zero-order valence-corrected chi connectivity index (χ0v) is 16.3. The molecule has 4 rings (SSSR count). The molecule has 0 spiro atoms. The van der Waals surface area contributed by atoms with Crippen molar-refractivity contribution in [2.24, 2.45) is 0 Å². The number of halogens is 1. The summed E-state index contributed by atoms with van der Waals surface area (Å²) < 4.78 is 6.68. The first kappa shape index (κ1) is 18.3. The number of benzene rings is 1. The predicted octanol–water partition coefficient (Wildman–Crippen LogP) is 3.66. The van der Waals surface area contributed by atoms with Crippen LogP contribution in [0.1, 0.15) is 21.9 Å². The van der Waals surface area contributed by atoms with Crippen molar-refractivity contribution in [3.05, 3.63) is 77.8 Å². The average molecular weight is 395 g/mol. The highest BCUT2D eigenvalue weighted by Crippen LogP contribution is 2.28. The number of hydrogen-bond donors (Lipinski definition) is 1. The molecule has 0 fully saturated rings. The molecule has 1 aliphatic heterocycles. The molecular weight excluding hydrogens is 376 g/mol. The van der Waals surface area contributed by atoms with Crippen LogP contribution >= 0.6 is 11.6 Å². The topological polar surface area (TPSA) is 69.0 Å². The lowest BCUT2D eigenvalue weighted by Gasteiger charge is -2.31. The summed E-state index contributed by atoms with van der Waals surface area (Å²) in [6.07, 6.45) is 5.83. The quantitative estimate of drug-likeness (QED) is 0.415. The van der Waals surface area contributed by atoms with Crippen LogP contribution in [0.3, 0.4) is 0 Å². The number of methoxy groups -OCH3 is 1. The largest absolute Gasteiger partial charge is 0.464 e. The molecule has 1 unspecified atom stereocenters. The van der Waals surface area contributed by atoms with Crippen LogP contribution in [0, 0.1) is 6.92 Å². The highest BCUT2D eigenvalue weighted by Gasteiger charge is 2.29. The van der Waals surface area contributed by atoms with E-state index in [2.05, 4.69) is 15.3 Å². The van der Waals surface area contributed by atoms with Crippen LogP contribution in [-0.4, -0.2) is 32.6 Å². The van der Waals surface area contributed by atoms with Gasteiger partial charge in [0.15, 0.2) is 11.3 Å². The van der Waals surface area contributed by atoms with Crippen molar-refractivity contribution < 1.29 is 9.53 Å². The summed E-state index contributed by atoms with van der Waals surface area (Å²) in [6, 6.07) is 13.4. The maximum absolute atomic E-state index is 11.9. The number of carbonyl (C=O) groups is 1. The standard InChI is InChI=1S/C21H19ClN4O2/c1-14-23-17-10-11-18(20(27)28-2)24-19(17)26(14)13-21(22)12-6-9-16(25-21)15-7-4-3-5-8-15/h3-12,25H,13H2,1-2H3. The number of rotatable bonds is 4. The molecule has 0 amide bonds. The van der Waals surface area contributed by atoms with Crippen LogP contribution in [0.2, 0.25) is 0 Å². The van der Waals surface area contributed by atoms with Gasteiger partial charge in [-0.15, -0.1) is 0 Å². The molecule has 2 aromatic heterocycles. The van der Waals surface area contributed by atoms with Gasteiger partial charge in [0, 0.05) is 5.70 Å². The van der Waals surface area contributed by atoms with Crippen molar-refractivity contribution in [1.82, 2.24) is 19.9 Å². The van der Waals surface area contributed by atoms with Gasteiger partial charge in [0.05, 0.1) is 13.7 Å². The molecule has 1 N–H and O–H groups in total.